The van der Waals surface area contributed by atoms with Gasteiger partial charge in [0.1, 0.15) is 12.6 Å². The fourth-order valence-corrected chi connectivity index (χ4v) is 2.43. The van der Waals surface area contributed by atoms with Gasteiger partial charge in [-0.05, 0) is 32.1 Å². The standard InChI is InChI=1S/C7H14N2O.C5H12N2.C5H8O2.C2H6N2O.C2H6.Na.H2O/c1-7(10)8-9-5-3-2-4-6-9;6-7-4-2-1-3-5-7;6-4-2-1-3-5-7;1-2(5)4-3;1-2;;/h2-6H2,1H3,(H,8,10);1-6H2;4-5H,1-3H2;3H2,1H3,(H,4,5);1-2H3;;1H2/q;;;;;+1;/p-1. The van der Waals surface area contributed by atoms with Crippen molar-refractivity contribution in [3.8, 4) is 0 Å². The van der Waals surface area contributed by atoms with E-state index in [4.69, 9.17) is 5.84 Å². The van der Waals surface area contributed by atoms with Gasteiger partial charge in [-0.1, -0.05) is 26.7 Å². The van der Waals surface area contributed by atoms with Crippen LogP contribution in [0.1, 0.15) is 85.5 Å². The van der Waals surface area contributed by atoms with Crippen LogP contribution >= 0.6 is 0 Å². The Hall–Kier alpha value is -0.920. The summed E-state index contributed by atoms with van der Waals surface area (Å²) in [5.41, 5.74) is 4.66. The van der Waals surface area contributed by atoms with E-state index in [0.29, 0.717) is 19.3 Å². The first-order chi connectivity index (χ1) is 14.9. The molecule has 2 amide bonds. The van der Waals surface area contributed by atoms with Gasteiger partial charge in [0.2, 0.25) is 11.8 Å². The smallest absolute Gasteiger partial charge is 0.870 e. The average molecular weight is 487 g/mol. The third kappa shape index (κ3) is 41.8. The van der Waals surface area contributed by atoms with E-state index in [-0.39, 0.29) is 46.8 Å². The topological polar surface area (TPSA) is 181 Å². The van der Waals surface area contributed by atoms with Crippen LogP contribution < -0.4 is 52.1 Å². The molecule has 0 saturated carbocycles. The van der Waals surface area contributed by atoms with Crippen molar-refractivity contribution in [2.75, 3.05) is 26.2 Å². The van der Waals surface area contributed by atoms with Gasteiger partial charge in [0.15, 0.2) is 0 Å². The number of unbranched alkanes of at least 4 members (excludes halogenated alkanes) is 2. The monoisotopic (exact) mass is 486 g/mol. The summed E-state index contributed by atoms with van der Waals surface area (Å²) in [5.74, 6) is 9.87. The largest absolute Gasteiger partial charge is 1.00 e. The molecule has 11 nitrogen and oxygen atoms in total. The molecule has 0 aliphatic carbocycles. The van der Waals surface area contributed by atoms with Crippen LogP contribution in [0.5, 0.6) is 0 Å². The zero-order valence-corrected chi connectivity index (χ0v) is 23.5. The van der Waals surface area contributed by atoms with Gasteiger partial charge in [0.25, 0.3) is 0 Å². The number of hydrazine groups is 3. The Balaban J connectivity index is -0.000000104. The number of nitrogens with zero attached hydrogens (tertiary/aromatic N) is 2. The van der Waals surface area contributed by atoms with Crippen molar-refractivity contribution in [3.63, 3.8) is 0 Å². The number of piperidine rings is 2. The van der Waals surface area contributed by atoms with Gasteiger partial charge in [0.05, 0.1) is 0 Å². The van der Waals surface area contributed by atoms with E-state index in [1.54, 1.807) is 6.92 Å². The minimum Gasteiger partial charge on any atom is -0.870 e. The van der Waals surface area contributed by atoms with Crippen molar-refractivity contribution < 1.29 is 54.2 Å². The molecular formula is C21H47N6NaO5. The quantitative estimate of drug-likeness (QED) is 0.0877. The zero-order chi connectivity index (χ0) is 24.3. The number of carbonyl (C=O) groups excluding carboxylic acids is 4. The van der Waals surface area contributed by atoms with Crippen LogP contribution in [-0.4, -0.2) is 66.1 Å². The molecule has 0 aromatic heterocycles. The Kier molecular flexibility index (Phi) is 45.7. The predicted molar refractivity (Wildman–Crippen MR) is 126 cm³/mol. The molecule has 2 rings (SSSR count). The van der Waals surface area contributed by atoms with Crippen molar-refractivity contribution in [2.24, 2.45) is 11.7 Å². The number of carbonyl (C=O) groups is 4. The molecule has 0 aromatic rings. The van der Waals surface area contributed by atoms with Crippen molar-refractivity contribution >= 4 is 24.4 Å². The molecule has 12 heteroatoms. The minimum absolute atomic E-state index is 0. The maximum Gasteiger partial charge on any atom is 1.00 e. The average Bonchev–Trinajstić information content (AvgIpc) is 2.78. The van der Waals surface area contributed by atoms with Crippen molar-refractivity contribution in [1.29, 1.82) is 0 Å². The summed E-state index contributed by atoms with van der Waals surface area (Å²) in [6.07, 6.45) is 11.0. The number of aldehydes is 2. The van der Waals surface area contributed by atoms with E-state index in [1.807, 2.05) is 29.3 Å². The van der Waals surface area contributed by atoms with Crippen LogP contribution in [0.25, 0.3) is 0 Å². The Morgan fingerprint density at radius 2 is 1.18 bits per heavy atom. The molecule has 7 N–H and O–H groups in total. The van der Waals surface area contributed by atoms with Crippen LogP contribution in [0, 0.1) is 0 Å². The van der Waals surface area contributed by atoms with E-state index in [0.717, 1.165) is 38.8 Å². The number of hydrogen-bond donors (Lipinski definition) is 4. The van der Waals surface area contributed by atoms with E-state index in [2.05, 4.69) is 11.3 Å². The molecule has 192 valence electrons. The number of amides is 2. The van der Waals surface area contributed by atoms with Crippen LogP contribution in [0.4, 0.5) is 0 Å². The van der Waals surface area contributed by atoms with E-state index >= 15 is 0 Å². The molecule has 0 spiro atoms. The summed E-state index contributed by atoms with van der Waals surface area (Å²) in [4.78, 5) is 39.3. The number of rotatable bonds is 5. The van der Waals surface area contributed by atoms with Crippen LogP contribution in [-0.2, 0) is 19.2 Å². The molecule has 2 fully saturated rings. The molecular weight excluding hydrogens is 439 g/mol. The van der Waals surface area contributed by atoms with Gasteiger partial charge in [-0.3, -0.25) is 26.3 Å². The molecule has 0 radical (unpaired) electrons. The normalized spacial score (nSPS) is 14.5. The van der Waals surface area contributed by atoms with Gasteiger partial charge < -0.3 is 15.1 Å². The molecule has 33 heavy (non-hydrogen) atoms. The third-order valence-electron chi connectivity index (χ3n) is 3.91. The fraction of sp³-hybridized carbons (Fsp3) is 0.810. The first kappa shape index (κ1) is 42.3. The van der Waals surface area contributed by atoms with Crippen molar-refractivity contribution in [2.45, 2.75) is 85.5 Å². The molecule has 0 unspecified atom stereocenters. The predicted octanol–water partition coefficient (Wildman–Crippen LogP) is -1.73. The van der Waals surface area contributed by atoms with Crippen molar-refractivity contribution in [3.05, 3.63) is 0 Å². The molecule has 2 heterocycles. The Bertz CT molecular complexity index is 427. The Morgan fingerprint density at radius 3 is 1.42 bits per heavy atom. The van der Waals surface area contributed by atoms with Crippen molar-refractivity contribution in [1.82, 2.24) is 20.9 Å². The van der Waals surface area contributed by atoms with Gasteiger partial charge >= 0.3 is 29.6 Å². The Morgan fingerprint density at radius 1 is 0.818 bits per heavy atom. The zero-order valence-electron chi connectivity index (χ0n) is 21.5. The number of hydrogen-bond acceptors (Lipinski definition) is 9. The number of nitrogens with one attached hydrogen (secondary N) is 2. The molecule has 2 aliphatic rings. The molecule has 0 aromatic carbocycles. The van der Waals surface area contributed by atoms with E-state index in [1.165, 1.54) is 45.4 Å². The van der Waals surface area contributed by atoms with Gasteiger partial charge in [-0.15, -0.1) is 0 Å². The summed E-state index contributed by atoms with van der Waals surface area (Å²) >= 11 is 0. The summed E-state index contributed by atoms with van der Waals surface area (Å²) in [7, 11) is 0. The molecule has 0 atom stereocenters. The van der Waals surface area contributed by atoms with E-state index in [9.17, 15) is 19.2 Å². The summed E-state index contributed by atoms with van der Waals surface area (Å²) in [5, 5.41) is 3.88. The Labute approximate surface area is 222 Å². The first-order valence-electron chi connectivity index (χ1n) is 11.2. The maximum atomic E-state index is 10.6. The molecule has 0 bridgehead atoms. The second-order valence-electron chi connectivity index (χ2n) is 6.78. The first-order valence-corrected chi connectivity index (χ1v) is 11.2. The van der Waals surface area contributed by atoms with Gasteiger partial charge in [-0.25, -0.2) is 15.9 Å². The van der Waals surface area contributed by atoms with Crippen LogP contribution in [0.15, 0.2) is 0 Å². The fourth-order valence-electron chi connectivity index (χ4n) is 2.43. The minimum atomic E-state index is -0.218. The van der Waals surface area contributed by atoms with E-state index < -0.39 is 0 Å². The second-order valence-corrected chi connectivity index (χ2v) is 6.78. The molecule has 2 saturated heterocycles. The summed E-state index contributed by atoms with van der Waals surface area (Å²) in [6.45, 7) is 11.1. The SMILES string of the molecule is CC.CC(=O)NN.CC(=O)NN1CCCCC1.NN1CCCCC1.O=CCCCC=O.[Na+].[OH-]. The van der Waals surface area contributed by atoms with Crippen LogP contribution in [0.3, 0.4) is 0 Å². The molecule has 2 aliphatic heterocycles. The maximum absolute atomic E-state index is 10.6. The third-order valence-corrected chi connectivity index (χ3v) is 3.91. The van der Waals surface area contributed by atoms with Gasteiger partial charge in [0, 0.05) is 52.9 Å². The summed E-state index contributed by atoms with van der Waals surface area (Å²) < 4.78 is 0. The summed E-state index contributed by atoms with van der Waals surface area (Å²) in [6, 6.07) is 0. The van der Waals surface area contributed by atoms with Gasteiger partial charge in [-0.2, -0.15) is 0 Å². The number of nitrogens with two attached hydrogens (primary N) is 2. The second kappa shape index (κ2) is 35.7. The van der Waals surface area contributed by atoms with Crippen LogP contribution in [0.2, 0.25) is 0 Å².